The molecule has 4 aliphatic rings. The molecule has 6 aromatic rings. The van der Waals surface area contributed by atoms with E-state index < -0.39 is 99.2 Å². The Morgan fingerprint density at radius 1 is 0.796 bits per heavy atom. The maximum absolute atomic E-state index is 12.8. The Kier molecular flexibility index (Phi) is 27.5. The van der Waals surface area contributed by atoms with Crippen LogP contribution in [0.4, 0.5) is 11.6 Å². The summed E-state index contributed by atoms with van der Waals surface area (Å²) < 4.78 is 100. The number of aliphatic imine (C=N–C) groups is 3. The number of nitrogens with one attached hydrogen (secondary N) is 3. The molecule has 1 amide bonds. The van der Waals surface area contributed by atoms with Gasteiger partial charge >= 0.3 is 120 Å². The Bertz CT molecular complexity index is 4670. The van der Waals surface area contributed by atoms with Gasteiger partial charge in [0.15, 0.2) is 33.9 Å². The van der Waals surface area contributed by atoms with Gasteiger partial charge in [-0.3, -0.25) is 62.3 Å². The van der Waals surface area contributed by atoms with Gasteiger partial charge in [-0.15, -0.1) is 11.6 Å². The van der Waals surface area contributed by atoms with Crippen LogP contribution >= 0.6 is 11.6 Å². The Hall–Kier alpha value is -6.03. The minimum atomic E-state index is -2.63. The third-order valence-electron chi connectivity index (χ3n) is 12.9. The SMILES string of the molecule is CC(=O)CCCCCl.Cc1nc2c(c(O[Si](C)(C)C)n1)CC=N2.O=CO[O-].O=c1[nH]c2c(c(=O)[nH]1)CC=N2.[2H]C([2H])([2H])n1cnc2c1c(=O)[nH]c(=O)n2C.[2H]C([2H])([2H])n1cnc2c1c(=O)n(CCCCC(C)=O)c(=O)n2C.[2H]C1=NC2=C(C(=O)C(CCCC([2H])([2H])C(C)=O)C(=O)N2C)C1C([2H])([2H])[2H].[H-].[K+].[K+]. The number of amides is 1. The minimum absolute atomic E-state index is 0. The third-order valence-corrected chi connectivity index (χ3v) is 13.9. The maximum Gasteiger partial charge on any atom is 1.00 e. The first kappa shape index (κ1) is 64.3. The molecule has 31 nitrogen and oxygen atoms in total. The van der Waals surface area contributed by atoms with Crippen molar-refractivity contribution in [3.05, 3.63) is 104 Å². The van der Waals surface area contributed by atoms with Gasteiger partial charge in [0, 0.05) is 125 Å². The molecule has 0 radical (unpaired) electrons. The molecule has 0 aromatic carbocycles. The molecule has 494 valence electrons. The zero-order chi connectivity index (χ0) is 78.2. The Morgan fingerprint density at radius 3 is 1.98 bits per heavy atom. The van der Waals surface area contributed by atoms with E-state index >= 15 is 0 Å². The van der Waals surface area contributed by atoms with E-state index in [0.29, 0.717) is 49.4 Å². The predicted octanol–water partition coefficient (Wildman–Crippen LogP) is -3.00. The van der Waals surface area contributed by atoms with Gasteiger partial charge < -0.3 is 39.5 Å². The van der Waals surface area contributed by atoms with Gasteiger partial charge in [0.05, 0.1) is 25.2 Å². The molecular formula is C58H79ClK2N16O15Si. The number of H-pyrrole nitrogens is 3. The zero-order valence-corrected chi connectivity index (χ0v) is 61.6. The molecule has 93 heavy (non-hydrogen) atoms. The second kappa shape index (κ2) is 39.7. The number of alkyl halides is 1. The first-order valence-corrected chi connectivity index (χ1v) is 31.8. The number of hydrogen-bond acceptors (Lipinski definition) is 22. The molecule has 0 aliphatic carbocycles. The van der Waals surface area contributed by atoms with Gasteiger partial charge in [-0.25, -0.2) is 44.3 Å². The topological polar surface area (TPSA) is 410 Å². The number of imidazole rings is 2. The van der Waals surface area contributed by atoms with Crippen molar-refractivity contribution < 1.29 is 164 Å². The Morgan fingerprint density at radius 2 is 1.40 bits per heavy atom. The van der Waals surface area contributed by atoms with Crippen molar-refractivity contribution in [2.45, 2.75) is 138 Å². The summed E-state index contributed by atoms with van der Waals surface area (Å²) in [6.07, 6.45) is 8.25. The molecule has 0 spiro atoms. The van der Waals surface area contributed by atoms with Crippen molar-refractivity contribution in [3.63, 3.8) is 0 Å². The van der Waals surface area contributed by atoms with Crippen LogP contribution in [0.3, 0.4) is 0 Å². The fraction of sp³-hybridized carbons (Fsp3) is 0.500. The van der Waals surface area contributed by atoms with E-state index in [0.717, 1.165) is 89.7 Å². The number of fused-ring (bicyclic) bond motifs is 4. The number of hydrogen-bond donors (Lipinski definition) is 3. The second-order valence-electron chi connectivity index (χ2n) is 21.1. The number of rotatable bonds is 17. The van der Waals surface area contributed by atoms with Gasteiger partial charge in [0.2, 0.25) is 20.1 Å². The van der Waals surface area contributed by atoms with E-state index in [2.05, 4.69) is 69.4 Å². The van der Waals surface area contributed by atoms with Crippen LogP contribution in [0.2, 0.25) is 19.6 Å². The van der Waals surface area contributed by atoms with Crippen LogP contribution in [0.25, 0.3) is 22.3 Å². The number of aryl methyl sites for hydroxylation is 5. The Balaban J connectivity index is 0.000000646. The molecule has 2 atom stereocenters. The number of aromatic nitrogens is 12. The van der Waals surface area contributed by atoms with Gasteiger partial charge in [-0.2, -0.15) is 4.98 Å². The van der Waals surface area contributed by atoms with Crippen molar-refractivity contribution in [1.29, 1.82) is 0 Å². The number of carbonyl (C=O) groups is 6. The van der Waals surface area contributed by atoms with E-state index in [4.69, 9.17) is 42.5 Å². The number of allylic oxidation sites excluding steroid dienone is 1. The molecule has 0 saturated heterocycles. The van der Waals surface area contributed by atoms with Crippen LogP contribution in [0.1, 0.15) is 127 Å². The van der Waals surface area contributed by atoms with Crippen molar-refractivity contribution in [2.24, 2.45) is 54.9 Å². The average molecular weight is 1390 g/mol. The standard InChI is InChI=1S/C15H20N2O3.C13H18N4O3.C10H15N3OSi.C7H8N4O2.C6H11ClO.C6H5N3O2.CH2O3.2K.H/c1-9-8-16-14-12(9)13(19)11(15(20)17(14)3)7-5-4-6-10(2)18;1-9(18)6-4-5-7-17-12(19)10-11(14-8-15(10)2)16(3)13(17)20;1-7-12-9-8(5-6-11-9)10(13-7)14-15(2,3)4;1-10-3-8-5-4(10)6(12)9-7(13)11(5)2;1-6(8)4-2-3-5-7;10-5-3-1-2-7-4(3)8-6(11)9-5;2-1-4-3;;;/h8-9,11H,4-7H2,1-3H3;8H,4-7H2,1-3H3;6H,5H2,1-4H3;3H,1-2H3,(H,9,12,13);2-5H2,1H3;2H,1H2,(H2,8,9,10,11);1,3H;;;/q;;;;;;;2*+1;-1/p-1/i1D3,6D2,8D;2D3;;1D3;;;;;;. The zero-order valence-electron chi connectivity index (χ0n) is 66.5. The van der Waals surface area contributed by atoms with Crippen molar-refractivity contribution in [1.82, 2.24) is 62.6 Å². The fourth-order valence-corrected chi connectivity index (χ4v) is 9.47. The van der Waals surface area contributed by atoms with Crippen LogP contribution in [-0.2, 0) is 81.1 Å². The molecule has 10 heterocycles. The van der Waals surface area contributed by atoms with Crippen LogP contribution in [-0.4, -0.2) is 138 Å². The number of aromatic amines is 3. The summed E-state index contributed by atoms with van der Waals surface area (Å²) in [5.74, 6) is -1.01. The molecule has 0 bridgehead atoms. The van der Waals surface area contributed by atoms with Gasteiger partial charge in [-0.1, -0.05) is 13.3 Å². The molecule has 10 rings (SSSR count). The largest absolute Gasteiger partial charge is 1.00 e. The van der Waals surface area contributed by atoms with E-state index in [1.807, 2.05) is 18.1 Å². The smallest absolute Gasteiger partial charge is 1.00 e. The van der Waals surface area contributed by atoms with E-state index in [1.54, 1.807) is 13.1 Å². The first-order valence-electron chi connectivity index (χ1n) is 33.9. The molecule has 3 N–H and O–H groups in total. The normalized spacial score (nSPS) is 16.9. The minimum Gasteiger partial charge on any atom is -1.00 e. The van der Waals surface area contributed by atoms with E-state index in [1.165, 1.54) is 28.1 Å². The van der Waals surface area contributed by atoms with Gasteiger partial charge in [-0.05, 0) is 85.9 Å². The molecule has 0 fully saturated rings. The second-order valence-corrected chi connectivity index (χ2v) is 25.9. The molecular weight excluding hydrogens is 1300 g/mol. The summed E-state index contributed by atoms with van der Waals surface area (Å²) in [5, 5.41) is 8.43. The van der Waals surface area contributed by atoms with Gasteiger partial charge in [0.25, 0.3) is 23.2 Å². The summed E-state index contributed by atoms with van der Waals surface area (Å²) in [6, 6.07) is 0. The average Bonchev–Trinajstić information content (AvgIpc) is 1.57. The van der Waals surface area contributed by atoms with Crippen molar-refractivity contribution in [2.75, 3.05) is 12.9 Å². The Labute approximate surface area is 643 Å². The number of nitrogens with zero attached hydrogens (tertiary/aromatic N) is 13. The van der Waals surface area contributed by atoms with Crippen molar-refractivity contribution >= 4 is 108 Å². The molecule has 0 saturated carbocycles. The molecule has 6 aromatic heterocycles. The maximum atomic E-state index is 12.8. The third kappa shape index (κ3) is 24.3. The number of unbranched alkanes of at least 4 members (excludes halogenated alkanes) is 2. The quantitative estimate of drug-likeness (QED) is 0.0156. The van der Waals surface area contributed by atoms with Crippen LogP contribution in [0.5, 0.6) is 5.88 Å². The number of carbonyl (C=O) groups excluding carboxylic acids is 6. The monoisotopic (exact) mass is 1390 g/mol. The number of ketones is 4. The summed E-state index contributed by atoms with van der Waals surface area (Å²) >= 11 is 5.37. The van der Waals surface area contributed by atoms with Crippen LogP contribution in [0, 0.1) is 18.8 Å². The summed E-state index contributed by atoms with van der Waals surface area (Å²) in [4.78, 5) is 174. The van der Waals surface area contributed by atoms with E-state index in [9.17, 15) is 52.7 Å². The summed E-state index contributed by atoms with van der Waals surface area (Å²) in [7, 11) is 2.59. The van der Waals surface area contributed by atoms with Crippen LogP contribution < -0.4 is 146 Å². The number of Topliss-reactive ketones (excluding diaryl/α,β-unsaturated/α-hetero) is 4. The van der Waals surface area contributed by atoms with Crippen LogP contribution in [0.15, 0.2) is 67.8 Å². The first-order chi connectivity index (χ1) is 47.7. The summed E-state index contributed by atoms with van der Waals surface area (Å²) in [5.41, 5.74) is -2.25. The summed E-state index contributed by atoms with van der Waals surface area (Å²) in [6.45, 7) is 4.77. The predicted molar refractivity (Wildman–Crippen MR) is 342 cm³/mol. The molecule has 4 aliphatic heterocycles. The molecule has 2 unspecified atom stereocenters. The number of halogens is 1. The van der Waals surface area contributed by atoms with E-state index in [-0.39, 0.29) is 187 Å². The fourth-order valence-electron chi connectivity index (χ4n) is 8.53. The van der Waals surface area contributed by atoms with Gasteiger partial charge in [0.1, 0.15) is 40.7 Å². The molecule has 35 heteroatoms. The van der Waals surface area contributed by atoms with Crippen molar-refractivity contribution in [3.8, 4) is 5.88 Å².